The minimum absolute atomic E-state index is 0.195. The van der Waals surface area contributed by atoms with Gasteiger partial charge in [0, 0.05) is 24.0 Å². The third kappa shape index (κ3) is 3.24. The van der Waals surface area contributed by atoms with E-state index in [4.69, 9.17) is 5.11 Å². The summed E-state index contributed by atoms with van der Waals surface area (Å²) in [7, 11) is 0. The van der Waals surface area contributed by atoms with Gasteiger partial charge >= 0.3 is 5.97 Å². The molecule has 1 atom stereocenters. The molecule has 1 aliphatic rings. The number of piperidine rings is 1. The van der Waals surface area contributed by atoms with Gasteiger partial charge in [0.15, 0.2) is 0 Å². The van der Waals surface area contributed by atoms with Gasteiger partial charge in [-0.2, -0.15) is 0 Å². The second-order valence-corrected chi connectivity index (χ2v) is 6.30. The number of hydrogen-bond acceptors (Lipinski definition) is 4. The van der Waals surface area contributed by atoms with Crippen LogP contribution in [-0.2, 0) is 4.79 Å². The Kier molecular flexibility index (Phi) is 4.38. The topological polar surface area (TPSA) is 70.5 Å². The average Bonchev–Trinajstić information content (AvgIpc) is 3.04. The predicted octanol–water partition coefficient (Wildman–Crippen LogP) is 2.89. The molecule has 7 heteroatoms. The van der Waals surface area contributed by atoms with Crippen molar-refractivity contribution >= 4 is 23.2 Å². The highest BCUT2D eigenvalue weighted by atomic mass is 32.1. The van der Waals surface area contributed by atoms with Gasteiger partial charge in [0.1, 0.15) is 16.5 Å². The van der Waals surface area contributed by atoms with Gasteiger partial charge in [-0.15, -0.1) is 11.3 Å². The number of aromatic nitrogens is 1. The summed E-state index contributed by atoms with van der Waals surface area (Å²) in [5.41, 5.74) is 0.595. The normalized spacial score (nSPS) is 18.0. The van der Waals surface area contributed by atoms with E-state index in [9.17, 15) is 14.0 Å². The van der Waals surface area contributed by atoms with Crippen LogP contribution in [0.3, 0.4) is 0 Å². The van der Waals surface area contributed by atoms with Crippen LogP contribution in [0.25, 0.3) is 10.6 Å². The van der Waals surface area contributed by atoms with Gasteiger partial charge in [-0.3, -0.25) is 9.59 Å². The van der Waals surface area contributed by atoms with E-state index in [2.05, 4.69) is 4.98 Å². The molecule has 2 heterocycles. The van der Waals surface area contributed by atoms with Crippen molar-refractivity contribution in [3.05, 3.63) is 41.2 Å². The van der Waals surface area contributed by atoms with Crippen LogP contribution in [0.5, 0.6) is 0 Å². The molecule has 1 amide bonds. The summed E-state index contributed by atoms with van der Waals surface area (Å²) in [5.74, 6) is -2.09. The summed E-state index contributed by atoms with van der Waals surface area (Å²) in [6, 6.07) is 6.27. The molecule has 1 aromatic carbocycles. The first-order chi connectivity index (χ1) is 11.1. The number of likely N-dealkylation sites (tertiary alicyclic amines) is 1. The first-order valence-electron chi connectivity index (χ1n) is 7.29. The number of benzene rings is 1. The SMILES string of the molecule is O=C(O)C1CCCN(C(=O)c2csc(-c3ccccc3F)n2)C1. The highest BCUT2D eigenvalue weighted by Gasteiger charge is 2.29. The number of rotatable bonds is 3. The summed E-state index contributed by atoms with van der Waals surface area (Å²) in [5, 5.41) is 11.1. The molecule has 0 radical (unpaired) electrons. The first kappa shape index (κ1) is 15.6. The van der Waals surface area contributed by atoms with Crippen LogP contribution in [0, 0.1) is 11.7 Å². The molecule has 0 spiro atoms. The largest absolute Gasteiger partial charge is 0.481 e. The average molecular weight is 334 g/mol. The van der Waals surface area contributed by atoms with Crippen LogP contribution in [0.4, 0.5) is 4.39 Å². The molecule has 1 unspecified atom stereocenters. The van der Waals surface area contributed by atoms with Gasteiger partial charge in [0.05, 0.1) is 5.92 Å². The lowest BCUT2D eigenvalue weighted by molar-refractivity contribution is -0.143. The maximum atomic E-state index is 13.8. The fraction of sp³-hybridized carbons (Fsp3) is 0.312. The van der Waals surface area contributed by atoms with E-state index in [0.717, 1.165) is 0 Å². The summed E-state index contributed by atoms with van der Waals surface area (Å²) in [4.78, 5) is 29.3. The number of hydrogen-bond donors (Lipinski definition) is 1. The first-order valence-corrected chi connectivity index (χ1v) is 8.16. The maximum absolute atomic E-state index is 13.8. The lowest BCUT2D eigenvalue weighted by Crippen LogP contribution is -2.42. The minimum atomic E-state index is -0.882. The number of aliphatic carboxylic acids is 1. The number of thiazole rings is 1. The zero-order valence-corrected chi connectivity index (χ0v) is 13.1. The Balaban J connectivity index is 1.79. The molecule has 23 heavy (non-hydrogen) atoms. The van der Waals surface area contributed by atoms with Gasteiger partial charge in [-0.25, -0.2) is 9.37 Å². The van der Waals surface area contributed by atoms with Crippen LogP contribution in [0.1, 0.15) is 23.3 Å². The van der Waals surface area contributed by atoms with E-state index in [0.29, 0.717) is 30.0 Å². The standard InChI is InChI=1S/C16H15FN2O3S/c17-12-6-2-1-5-11(12)14-18-13(9-23-14)15(20)19-7-3-4-10(8-19)16(21)22/h1-2,5-6,9-10H,3-4,7-8H2,(H,21,22). The van der Waals surface area contributed by atoms with Gasteiger partial charge in [0.25, 0.3) is 5.91 Å². The molecule has 2 aromatic rings. The van der Waals surface area contributed by atoms with Crippen molar-refractivity contribution in [1.29, 1.82) is 0 Å². The number of halogens is 1. The number of carbonyl (C=O) groups is 2. The number of carbonyl (C=O) groups excluding carboxylic acids is 1. The van der Waals surface area contributed by atoms with E-state index in [-0.39, 0.29) is 24.0 Å². The van der Waals surface area contributed by atoms with Gasteiger partial charge in [-0.05, 0) is 25.0 Å². The zero-order valence-electron chi connectivity index (χ0n) is 12.2. The summed E-state index contributed by atoms with van der Waals surface area (Å²) < 4.78 is 13.8. The molecule has 1 aromatic heterocycles. The fourth-order valence-electron chi connectivity index (χ4n) is 2.66. The Labute approximate surface area is 136 Å². The van der Waals surface area contributed by atoms with Gasteiger partial charge < -0.3 is 10.0 Å². The Morgan fingerprint density at radius 2 is 2.13 bits per heavy atom. The number of nitrogens with zero attached hydrogens (tertiary/aromatic N) is 2. The van der Waals surface area contributed by atoms with Crippen molar-refractivity contribution in [3.63, 3.8) is 0 Å². The lowest BCUT2D eigenvalue weighted by Gasteiger charge is -2.30. The quantitative estimate of drug-likeness (QED) is 0.937. The Hall–Kier alpha value is -2.28. The molecular formula is C16H15FN2O3S. The van der Waals surface area contributed by atoms with Crippen molar-refractivity contribution in [1.82, 2.24) is 9.88 Å². The summed E-state index contributed by atoms with van der Waals surface area (Å²) in [6.07, 6.45) is 1.24. The maximum Gasteiger partial charge on any atom is 0.308 e. The van der Waals surface area contributed by atoms with Crippen molar-refractivity contribution in [2.24, 2.45) is 5.92 Å². The van der Waals surface area contributed by atoms with Crippen LogP contribution in [0.15, 0.2) is 29.6 Å². The van der Waals surface area contributed by atoms with Crippen molar-refractivity contribution in [2.45, 2.75) is 12.8 Å². The smallest absolute Gasteiger partial charge is 0.308 e. The third-order valence-corrected chi connectivity index (χ3v) is 4.76. The molecule has 1 saturated heterocycles. The Morgan fingerprint density at radius 1 is 1.35 bits per heavy atom. The highest BCUT2D eigenvalue weighted by Crippen LogP contribution is 2.27. The summed E-state index contributed by atoms with van der Waals surface area (Å²) >= 11 is 1.20. The summed E-state index contributed by atoms with van der Waals surface area (Å²) in [6.45, 7) is 0.718. The highest BCUT2D eigenvalue weighted by molar-refractivity contribution is 7.13. The third-order valence-electron chi connectivity index (χ3n) is 3.89. The molecule has 0 aliphatic carbocycles. The monoisotopic (exact) mass is 334 g/mol. The van der Waals surface area contributed by atoms with Crippen LogP contribution in [0.2, 0.25) is 0 Å². The van der Waals surface area contributed by atoms with Gasteiger partial charge in [0.2, 0.25) is 0 Å². The number of carboxylic acids is 1. The van der Waals surface area contributed by atoms with Crippen molar-refractivity contribution in [2.75, 3.05) is 13.1 Å². The van der Waals surface area contributed by atoms with E-state index in [1.54, 1.807) is 23.6 Å². The number of carboxylic acid groups (broad SMARTS) is 1. The molecule has 1 fully saturated rings. The molecule has 5 nitrogen and oxygen atoms in total. The minimum Gasteiger partial charge on any atom is -0.481 e. The molecule has 120 valence electrons. The molecule has 0 saturated carbocycles. The van der Waals surface area contributed by atoms with E-state index in [1.807, 2.05) is 0 Å². The predicted molar refractivity (Wildman–Crippen MR) is 83.8 cm³/mol. The molecule has 1 N–H and O–H groups in total. The van der Waals surface area contributed by atoms with Gasteiger partial charge in [-0.1, -0.05) is 12.1 Å². The molecule has 0 bridgehead atoms. The van der Waals surface area contributed by atoms with E-state index in [1.165, 1.54) is 22.3 Å². The Bertz CT molecular complexity index is 746. The van der Waals surface area contributed by atoms with Crippen LogP contribution < -0.4 is 0 Å². The van der Waals surface area contributed by atoms with Crippen molar-refractivity contribution < 1.29 is 19.1 Å². The van der Waals surface area contributed by atoms with Crippen LogP contribution in [-0.4, -0.2) is 40.0 Å². The second-order valence-electron chi connectivity index (χ2n) is 5.45. The molecule has 1 aliphatic heterocycles. The van der Waals surface area contributed by atoms with E-state index < -0.39 is 11.9 Å². The Morgan fingerprint density at radius 3 is 2.87 bits per heavy atom. The number of amides is 1. The van der Waals surface area contributed by atoms with E-state index >= 15 is 0 Å². The lowest BCUT2D eigenvalue weighted by atomic mass is 9.98. The molecular weight excluding hydrogens is 319 g/mol. The zero-order chi connectivity index (χ0) is 16.4. The fourth-order valence-corrected chi connectivity index (χ4v) is 3.48. The van der Waals surface area contributed by atoms with Crippen LogP contribution >= 0.6 is 11.3 Å². The van der Waals surface area contributed by atoms with Crippen molar-refractivity contribution in [3.8, 4) is 10.6 Å². The molecule has 3 rings (SSSR count). The second kappa shape index (κ2) is 6.45.